The molecule has 0 bridgehead atoms. The topological polar surface area (TPSA) is 32.7 Å². The molecule has 1 heterocycles. The molecule has 1 rings (SSSR count). The molecule has 0 radical (unpaired) electrons. The molecule has 1 aliphatic rings. The fraction of sp³-hybridized carbons (Fsp3) is 0.857. The maximum Gasteiger partial charge on any atom is 0.252 e. The van der Waals surface area contributed by atoms with Crippen LogP contribution in [0.15, 0.2) is 4.99 Å². The highest BCUT2D eigenvalue weighted by Crippen LogP contribution is 2.55. The minimum absolute atomic E-state index is 0.0300. The SMILES string of the molecule is CC(C)(C)N1C(=O)C(C)(N=C=S)C(C)(C)C1(C)C. The molecule has 3 nitrogen and oxygen atoms in total. The summed E-state index contributed by atoms with van der Waals surface area (Å²) >= 11 is 4.74. The van der Waals surface area contributed by atoms with E-state index in [1.165, 1.54) is 0 Å². The quantitative estimate of drug-likeness (QED) is 0.540. The van der Waals surface area contributed by atoms with Crippen LogP contribution in [0.1, 0.15) is 55.4 Å². The van der Waals surface area contributed by atoms with Gasteiger partial charge in [-0.05, 0) is 53.8 Å². The van der Waals surface area contributed by atoms with Crippen LogP contribution in [0.4, 0.5) is 0 Å². The predicted octanol–water partition coefficient (Wildman–Crippen LogP) is 3.29. The summed E-state index contributed by atoms with van der Waals surface area (Å²) in [5.41, 5.74) is -1.71. The van der Waals surface area contributed by atoms with E-state index in [1.54, 1.807) is 0 Å². The smallest absolute Gasteiger partial charge is 0.252 e. The second kappa shape index (κ2) is 3.88. The molecule has 1 unspecified atom stereocenters. The number of hydrogen-bond donors (Lipinski definition) is 0. The average Bonchev–Trinajstić information content (AvgIpc) is 2.22. The van der Waals surface area contributed by atoms with Crippen LogP contribution in [-0.4, -0.2) is 32.6 Å². The molecule has 0 aliphatic carbocycles. The van der Waals surface area contributed by atoms with Crippen LogP contribution in [0.2, 0.25) is 0 Å². The lowest BCUT2D eigenvalue weighted by atomic mass is 9.66. The van der Waals surface area contributed by atoms with Crippen molar-refractivity contribution in [3.8, 4) is 0 Å². The normalized spacial score (nSPS) is 30.2. The minimum atomic E-state index is -0.842. The fourth-order valence-electron chi connectivity index (χ4n) is 3.04. The van der Waals surface area contributed by atoms with E-state index in [2.05, 4.69) is 58.6 Å². The lowest BCUT2D eigenvalue weighted by Crippen LogP contribution is -2.55. The molecule has 0 N–H and O–H groups in total. The molecule has 0 aromatic carbocycles. The number of likely N-dealkylation sites (tertiary alicyclic amines) is 1. The molecule has 1 amide bonds. The zero-order valence-electron chi connectivity index (χ0n) is 12.7. The van der Waals surface area contributed by atoms with E-state index in [0.717, 1.165) is 0 Å². The maximum absolute atomic E-state index is 12.8. The Balaban J connectivity index is 3.57. The van der Waals surface area contributed by atoms with Gasteiger partial charge in [0.15, 0.2) is 5.54 Å². The van der Waals surface area contributed by atoms with Gasteiger partial charge >= 0.3 is 0 Å². The number of amides is 1. The largest absolute Gasteiger partial charge is 0.330 e. The summed E-state index contributed by atoms with van der Waals surface area (Å²) in [5.74, 6) is 0.0300. The summed E-state index contributed by atoms with van der Waals surface area (Å²) in [7, 11) is 0. The van der Waals surface area contributed by atoms with Gasteiger partial charge in [-0.25, -0.2) is 4.99 Å². The Hall–Kier alpha value is -0.730. The Morgan fingerprint density at radius 3 is 1.89 bits per heavy atom. The summed E-state index contributed by atoms with van der Waals surface area (Å²) in [6, 6.07) is 0. The van der Waals surface area contributed by atoms with E-state index in [0.29, 0.717) is 0 Å². The zero-order chi connectivity index (χ0) is 14.6. The highest BCUT2D eigenvalue weighted by atomic mass is 32.1. The molecule has 0 saturated carbocycles. The third-order valence-corrected chi connectivity index (χ3v) is 4.96. The number of hydrogen-bond acceptors (Lipinski definition) is 3. The van der Waals surface area contributed by atoms with Gasteiger partial charge in [-0.15, -0.1) is 0 Å². The molecule has 102 valence electrons. The second-order valence-electron chi connectivity index (χ2n) is 7.27. The molecule has 1 saturated heterocycles. The minimum Gasteiger partial charge on any atom is -0.330 e. The molecule has 18 heavy (non-hydrogen) atoms. The molecule has 0 spiro atoms. The number of carbonyl (C=O) groups is 1. The van der Waals surface area contributed by atoms with E-state index in [9.17, 15) is 4.79 Å². The van der Waals surface area contributed by atoms with Crippen LogP contribution in [-0.2, 0) is 4.79 Å². The Kier molecular flexibility index (Phi) is 3.30. The number of carbonyl (C=O) groups excluding carboxylic acids is 1. The van der Waals surface area contributed by atoms with Crippen LogP contribution >= 0.6 is 12.2 Å². The van der Waals surface area contributed by atoms with Crippen molar-refractivity contribution in [2.24, 2.45) is 10.4 Å². The van der Waals surface area contributed by atoms with E-state index >= 15 is 0 Å². The van der Waals surface area contributed by atoms with Crippen LogP contribution in [0, 0.1) is 5.41 Å². The van der Waals surface area contributed by atoms with Gasteiger partial charge in [0.05, 0.1) is 5.16 Å². The number of aliphatic imine (C=N–C) groups is 1. The van der Waals surface area contributed by atoms with E-state index in [-0.39, 0.29) is 22.4 Å². The Bertz CT molecular complexity index is 428. The summed E-state index contributed by atoms with van der Waals surface area (Å²) in [6.45, 7) is 16.4. The number of rotatable bonds is 1. The lowest BCUT2D eigenvalue weighted by Gasteiger charge is -2.47. The first kappa shape index (κ1) is 15.3. The third-order valence-electron chi connectivity index (χ3n) is 4.87. The number of nitrogens with zero attached hydrogens (tertiary/aromatic N) is 2. The molecule has 1 fully saturated rings. The van der Waals surface area contributed by atoms with Gasteiger partial charge in [-0.1, -0.05) is 13.8 Å². The van der Waals surface area contributed by atoms with Crippen molar-refractivity contribution < 1.29 is 4.79 Å². The third kappa shape index (κ3) is 1.66. The first-order valence-electron chi connectivity index (χ1n) is 6.28. The summed E-state index contributed by atoms with van der Waals surface area (Å²) in [6.07, 6.45) is 0. The standard InChI is InChI=1S/C14H24N2OS/c1-11(2,3)16-10(17)14(8,15-9-18)12(4,5)13(16,6)7/h1-8H3. The molecule has 0 aromatic rings. The highest BCUT2D eigenvalue weighted by Gasteiger charge is 2.68. The van der Waals surface area contributed by atoms with Gasteiger partial charge in [0, 0.05) is 16.5 Å². The number of isothiocyanates is 1. The van der Waals surface area contributed by atoms with Crippen LogP contribution in [0.5, 0.6) is 0 Å². The van der Waals surface area contributed by atoms with Crippen molar-refractivity contribution in [1.82, 2.24) is 4.90 Å². The molecular weight excluding hydrogens is 244 g/mol. The number of thiocarbonyl (C=S) groups is 1. The Morgan fingerprint density at radius 1 is 1.17 bits per heavy atom. The van der Waals surface area contributed by atoms with Gasteiger partial charge < -0.3 is 4.90 Å². The van der Waals surface area contributed by atoms with Crippen molar-refractivity contribution in [2.75, 3.05) is 0 Å². The summed E-state index contributed by atoms with van der Waals surface area (Å²) < 4.78 is 0. The Morgan fingerprint density at radius 2 is 1.61 bits per heavy atom. The van der Waals surface area contributed by atoms with Crippen LogP contribution < -0.4 is 0 Å². The molecule has 1 atom stereocenters. The monoisotopic (exact) mass is 268 g/mol. The van der Waals surface area contributed by atoms with Crippen molar-refractivity contribution in [3.05, 3.63) is 0 Å². The van der Waals surface area contributed by atoms with Gasteiger partial charge in [0.2, 0.25) is 0 Å². The second-order valence-corrected chi connectivity index (χ2v) is 7.45. The first-order valence-corrected chi connectivity index (χ1v) is 6.68. The summed E-state index contributed by atoms with van der Waals surface area (Å²) in [4.78, 5) is 19.0. The van der Waals surface area contributed by atoms with Gasteiger partial charge in [-0.2, -0.15) is 0 Å². The van der Waals surface area contributed by atoms with Crippen molar-refractivity contribution in [3.63, 3.8) is 0 Å². The van der Waals surface area contributed by atoms with Crippen molar-refractivity contribution in [2.45, 2.75) is 72.0 Å². The Labute approximate surface area is 116 Å². The zero-order valence-corrected chi connectivity index (χ0v) is 13.5. The van der Waals surface area contributed by atoms with Crippen molar-refractivity contribution >= 4 is 23.3 Å². The maximum atomic E-state index is 12.8. The van der Waals surface area contributed by atoms with Crippen molar-refractivity contribution in [1.29, 1.82) is 0 Å². The van der Waals surface area contributed by atoms with Gasteiger partial charge in [0.25, 0.3) is 5.91 Å². The van der Waals surface area contributed by atoms with Crippen LogP contribution in [0.25, 0.3) is 0 Å². The fourth-order valence-corrected chi connectivity index (χ4v) is 3.22. The van der Waals surface area contributed by atoms with E-state index < -0.39 is 5.54 Å². The lowest BCUT2D eigenvalue weighted by molar-refractivity contribution is -0.139. The van der Waals surface area contributed by atoms with Gasteiger partial charge in [0.1, 0.15) is 0 Å². The first-order chi connectivity index (χ1) is 7.84. The highest BCUT2D eigenvalue weighted by molar-refractivity contribution is 7.78. The van der Waals surface area contributed by atoms with Gasteiger partial charge in [-0.3, -0.25) is 4.79 Å². The predicted molar refractivity (Wildman–Crippen MR) is 77.9 cm³/mol. The van der Waals surface area contributed by atoms with E-state index in [4.69, 9.17) is 12.2 Å². The molecule has 4 heteroatoms. The summed E-state index contributed by atoms with van der Waals surface area (Å²) in [5, 5.41) is 2.41. The average molecular weight is 268 g/mol. The van der Waals surface area contributed by atoms with E-state index in [1.807, 2.05) is 11.8 Å². The van der Waals surface area contributed by atoms with Crippen LogP contribution in [0.3, 0.4) is 0 Å². The molecule has 1 aliphatic heterocycles. The molecular formula is C14H24N2OS. The molecule has 0 aromatic heterocycles.